The molecule has 3 aromatic carbocycles. The van der Waals surface area contributed by atoms with Crippen molar-refractivity contribution in [2.45, 2.75) is 69.1 Å². The normalized spacial score (nSPS) is 22.1. The second kappa shape index (κ2) is 13.9. The van der Waals surface area contributed by atoms with E-state index in [4.69, 9.17) is 14.2 Å². The average Bonchev–Trinajstić information content (AvgIpc) is 3.39. The number of hydrogen-bond acceptors (Lipinski definition) is 11. The molecule has 3 aliphatic heterocycles. The van der Waals surface area contributed by atoms with Gasteiger partial charge >= 0.3 is 0 Å². The zero-order chi connectivity index (χ0) is 36.7. The molecule has 13 heteroatoms. The molecule has 4 aliphatic rings. The van der Waals surface area contributed by atoms with Crippen molar-refractivity contribution >= 4 is 35.1 Å². The van der Waals surface area contributed by atoms with Gasteiger partial charge in [-0.15, -0.1) is 10.2 Å². The number of aromatic nitrogens is 2. The number of piperidine rings is 1. The molecular weight excluding hydrogens is 678 g/mol. The molecule has 13 nitrogen and oxygen atoms in total. The Morgan fingerprint density at radius 2 is 1.53 bits per heavy atom. The third-order valence-corrected chi connectivity index (χ3v) is 10.6. The Morgan fingerprint density at radius 1 is 0.849 bits per heavy atom. The van der Waals surface area contributed by atoms with E-state index in [-0.39, 0.29) is 53.0 Å². The van der Waals surface area contributed by atoms with E-state index in [0.717, 1.165) is 41.9 Å². The van der Waals surface area contributed by atoms with Crippen molar-refractivity contribution in [1.29, 1.82) is 0 Å². The minimum atomic E-state index is -0.995. The van der Waals surface area contributed by atoms with Crippen molar-refractivity contribution in [2.75, 3.05) is 18.5 Å². The molecule has 0 radical (unpaired) electrons. The average molecular weight is 716 g/mol. The number of fused-ring (bicyclic) bond motifs is 1. The standard InChI is InChI=1S/C40H37N5O8/c1-23(46)33-12-15-36(44-43-33)53-29-9-4-25(5-10-29)40(16-18-51-19-17-40)24-2-7-28(8-3-24)52-30-20-27(21-30)41-26-6-11-31-32(22-26)39(50)45(38(31)49)34-13-14-35(47)42-37(34)48/h2-12,15,22,27,30,34,41H,13-14,16-21H2,1H3,(H,42,47,48). The van der Waals surface area contributed by atoms with Gasteiger partial charge in [0, 0.05) is 62.6 Å². The molecule has 4 heterocycles. The second-order valence-corrected chi connectivity index (χ2v) is 13.9. The van der Waals surface area contributed by atoms with Gasteiger partial charge in [-0.25, -0.2) is 0 Å². The van der Waals surface area contributed by atoms with Crippen LogP contribution >= 0.6 is 0 Å². The molecule has 2 N–H and O–H groups in total. The lowest BCUT2D eigenvalue weighted by Crippen LogP contribution is -2.54. The lowest BCUT2D eigenvalue weighted by atomic mass is 9.69. The highest BCUT2D eigenvalue weighted by atomic mass is 16.5. The Morgan fingerprint density at radius 3 is 2.17 bits per heavy atom. The van der Waals surface area contributed by atoms with Gasteiger partial charge in [-0.2, -0.15) is 0 Å². The number of ketones is 1. The molecule has 270 valence electrons. The first-order valence-electron chi connectivity index (χ1n) is 17.8. The summed E-state index contributed by atoms with van der Waals surface area (Å²) in [5.41, 5.74) is 3.60. The molecule has 1 aromatic heterocycles. The molecular formula is C40H37N5O8. The van der Waals surface area contributed by atoms with Crippen LogP contribution in [0.4, 0.5) is 5.69 Å². The lowest BCUT2D eigenvalue weighted by molar-refractivity contribution is -0.136. The van der Waals surface area contributed by atoms with Crippen molar-refractivity contribution in [3.05, 3.63) is 107 Å². The summed E-state index contributed by atoms with van der Waals surface area (Å²) in [4.78, 5) is 62.6. The first-order chi connectivity index (χ1) is 25.7. The minimum Gasteiger partial charge on any atom is -0.490 e. The van der Waals surface area contributed by atoms with E-state index in [2.05, 4.69) is 45.1 Å². The van der Waals surface area contributed by atoms with E-state index in [1.807, 2.05) is 24.3 Å². The monoisotopic (exact) mass is 715 g/mol. The van der Waals surface area contributed by atoms with Crippen molar-refractivity contribution < 1.29 is 38.2 Å². The van der Waals surface area contributed by atoms with Gasteiger partial charge < -0.3 is 19.5 Å². The summed E-state index contributed by atoms with van der Waals surface area (Å²) in [7, 11) is 0. The maximum absolute atomic E-state index is 13.2. The molecule has 53 heavy (non-hydrogen) atoms. The number of anilines is 1. The van der Waals surface area contributed by atoms with E-state index >= 15 is 0 Å². The van der Waals surface area contributed by atoms with E-state index in [1.165, 1.54) is 12.5 Å². The van der Waals surface area contributed by atoms with Gasteiger partial charge in [-0.05, 0) is 78.9 Å². The summed E-state index contributed by atoms with van der Waals surface area (Å²) >= 11 is 0. The Labute approximate surface area is 305 Å². The number of nitrogens with one attached hydrogen (secondary N) is 2. The van der Waals surface area contributed by atoms with Gasteiger partial charge in [0.25, 0.3) is 11.8 Å². The first kappa shape index (κ1) is 34.2. The predicted octanol–water partition coefficient (Wildman–Crippen LogP) is 4.99. The largest absolute Gasteiger partial charge is 0.490 e. The molecule has 4 amide bonds. The molecule has 1 saturated carbocycles. The summed E-state index contributed by atoms with van der Waals surface area (Å²) in [6.07, 6.45) is 3.40. The highest BCUT2D eigenvalue weighted by molar-refractivity contribution is 6.23. The van der Waals surface area contributed by atoms with Crippen LogP contribution < -0.4 is 20.1 Å². The number of amides is 4. The van der Waals surface area contributed by atoms with Gasteiger partial charge in [-0.1, -0.05) is 24.3 Å². The predicted molar refractivity (Wildman–Crippen MR) is 190 cm³/mol. The molecule has 3 fully saturated rings. The number of Topliss-reactive ketones (excluding diaryl/α,β-unsaturated/α-hetero) is 1. The minimum absolute atomic E-state index is 0.0203. The van der Waals surface area contributed by atoms with Crippen LogP contribution in [0.2, 0.25) is 0 Å². The van der Waals surface area contributed by atoms with Crippen molar-refractivity contribution in [3.63, 3.8) is 0 Å². The Bertz CT molecular complexity index is 2090. The van der Waals surface area contributed by atoms with Gasteiger partial charge in [0.2, 0.25) is 17.7 Å². The molecule has 1 atom stereocenters. The molecule has 2 saturated heterocycles. The fourth-order valence-corrected chi connectivity index (χ4v) is 7.61. The van der Waals surface area contributed by atoms with Gasteiger partial charge in [0.15, 0.2) is 5.78 Å². The zero-order valence-corrected chi connectivity index (χ0v) is 29.0. The fraction of sp³-hybridized carbons (Fsp3) is 0.325. The zero-order valence-electron chi connectivity index (χ0n) is 29.0. The number of ether oxygens (including phenoxy) is 3. The molecule has 4 aromatic rings. The first-order valence-corrected chi connectivity index (χ1v) is 17.8. The Hall–Kier alpha value is -5.95. The van der Waals surface area contributed by atoms with Crippen LogP contribution in [0.5, 0.6) is 17.4 Å². The number of hydrogen-bond donors (Lipinski definition) is 2. The molecule has 0 spiro atoms. The van der Waals surface area contributed by atoms with Crippen LogP contribution in [0.3, 0.4) is 0 Å². The third-order valence-electron chi connectivity index (χ3n) is 10.6. The lowest BCUT2D eigenvalue weighted by Gasteiger charge is -2.39. The Kier molecular flexibility index (Phi) is 8.95. The van der Waals surface area contributed by atoms with Crippen LogP contribution in [-0.2, 0) is 19.7 Å². The van der Waals surface area contributed by atoms with Gasteiger partial charge in [-0.3, -0.25) is 34.2 Å². The van der Waals surface area contributed by atoms with Crippen molar-refractivity contribution in [3.8, 4) is 17.4 Å². The second-order valence-electron chi connectivity index (χ2n) is 13.9. The molecule has 1 unspecified atom stereocenters. The maximum atomic E-state index is 13.2. The molecule has 0 bridgehead atoms. The van der Waals surface area contributed by atoms with Crippen molar-refractivity contribution in [2.24, 2.45) is 0 Å². The van der Waals surface area contributed by atoms with Gasteiger partial charge in [0.05, 0.1) is 11.1 Å². The Balaban J connectivity index is 0.875. The van der Waals surface area contributed by atoms with Crippen LogP contribution in [0, 0.1) is 0 Å². The van der Waals surface area contributed by atoms with E-state index in [1.54, 1.807) is 30.3 Å². The SMILES string of the molecule is CC(=O)c1ccc(Oc2ccc(C3(c4ccc(OC5CC(Nc6ccc7c(c6)C(=O)N(C6CCC(=O)NC6=O)C7=O)C5)cc4)CCOCC3)cc2)nn1. The molecule has 1 aliphatic carbocycles. The number of rotatable bonds is 10. The highest BCUT2D eigenvalue weighted by Crippen LogP contribution is 2.43. The summed E-state index contributed by atoms with van der Waals surface area (Å²) in [6, 6.07) is 23.7. The van der Waals surface area contributed by atoms with Crippen LogP contribution in [0.25, 0.3) is 0 Å². The van der Waals surface area contributed by atoms with Crippen molar-refractivity contribution in [1.82, 2.24) is 20.4 Å². The third kappa shape index (κ3) is 6.63. The van der Waals surface area contributed by atoms with E-state index < -0.39 is 29.7 Å². The quantitative estimate of drug-likeness (QED) is 0.168. The summed E-state index contributed by atoms with van der Waals surface area (Å²) < 4.78 is 18.0. The summed E-state index contributed by atoms with van der Waals surface area (Å²) in [6.45, 7) is 2.74. The number of nitrogens with zero attached hydrogens (tertiary/aromatic N) is 3. The number of carbonyl (C=O) groups excluding carboxylic acids is 5. The highest BCUT2D eigenvalue weighted by Gasteiger charge is 2.45. The van der Waals surface area contributed by atoms with E-state index in [0.29, 0.717) is 30.5 Å². The number of imide groups is 2. The maximum Gasteiger partial charge on any atom is 0.262 e. The van der Waals surface area contributed by atoms with Crippen LogP contribution in [0.15, 0.2) is 78.9 Å². The number of carbonyl (C=O) groups is 5. The van der Waals surface area contributed by atoms with E-state index in [9.17, 15) is 24.0 Å². The van der Waals surface area contributed by atoms with Gasteiger partial charge in [0.1, 0.15) is 29.3 Å². The molecule has 8 rings (SSSR count). The van der Waals surface area contributed by atoms with Crippen LogP contribution in [-0.4, -0.2) is 75.9 Å². The fourth-order valence-electron chi connectivity index (χ4n) is 7.61. The smallest absolute Gasteiger partial charge is 0.262 e. The van der Waals surface area contributed by atoms with Crippen LogP contribution in [0.1, 0.15) is 87.8 Å². The summed E-state index contributed by atoms with van der Waals surface area (Å²) in [5.74, 6) is -0.525. The summed E-state index contributed by atoms with van der Waals surface area (Å²) in [5, 5.41) is 13.6. The topological polar surface area (TPSA) is 166 Å². The number of benzene rings is 3.